The predicted octanol–water partition coefficient (Wildman–Crippen LogP) is 1.40. The van der Waals surface area contributed by atoms with E-state index in [9.17, 15) is 4.79 Å². The van der Waals surface area contributed by atoms with Gasteiger partial charge in [-0.2, -0.15) is 5.26 Å². The van der Waals surface area contributed by atoms with Crippen molar-refractivity contribution in [2.75, 3.05) is 13.2 Å². The molecule has 1 fully saturated rings. The molecule has 0 bridgehead atoms. The molecular formula is C14H16N2O2. The van der Waals surface area contributed by atoms with Gasteiger partial charge >= 0.3 is 0 Å². The Hall–Kier alpha value is -1.86. The van der Waals surface area contributed by atoms with Crippen LogP contribution >= 0.6 is 0 Å². The first kappa shape index (κ1) is 12.6. The largest absolute Gasteiger partial charge is 0.376 e. The molecule has 2 rings (SSSR count). The molecule has 18 heavy (non-hydrogen) atoms. The maximum atomic E-state index is 11.7. The van der Waals surface area contributed by atoms with Crippen LogP contribution in [0.5, 0.6) is 0 Å². The van der Waals surface area contributed by atoms with Crippen LogP contribution in [-0.2, 0) is 16.0 Å². The number of carbonyl (C=O) groups excluding carboxylic acids is 1. The number of benzene rings is 1. The van der Waals surface area contributed by atoms with Gasteiger partial charge in [0.2, 0.25) is 5.91 Å². The van der Waals surface area contributed by atoms with Crippen molar-refractivity contribution in [2.45, 2.75) is 25.4 Å². The molecule has 1 saturated heterocycles. The average Bonchev–Trinajstić information content (AvgIpc) is 2.90. The lowest BCUT2D eigenvalue weighted by atomic mass is 10.1. The third-order valence-electron chi connectivity index (χ3n) is 3.00. The van der Waals surface area contributed by atoms with Crippen LogP contribution in [0.3, 0.4) is 0 Å². The average molecular weight is 244 g/mol. The third-order valence-corrected chi connectivity index (χ3v) is 3.00. The van der Waals surface area contributed by atoms with Crippen LogP contribution in [0.15, 0.2) is 24.3 Å². The van der Waals surface area contributed by atoms with Crippen LogP contribution in [-0.4, -0.2) is 25.2 Å². The fraction of sp³-hybridized carbons (Fsp3) is 0.429. The van der Waals surface area contributed by atoms with Crippen LogP contribution in [0.25, 0.3) is 0 Å². The molecule has 1 atom stereocenters. The molecule has 1 amide bonds. The van der Waals surface area contributed by atoms with Gasteiger partial charge in [-0.05, 0) is 30.5 Å². The number of ether oxygens (including phenoxy) is 1. The Labute approximate surface area is 107 Å². The minimum absolute atomic E-state index is 0.00444. The molecule has 94 valence electrons. The van der Waals surface area contributed by atoms with Gasteiger partial charge in [0, 0.05) is 13.2 Å². The Morgan fingerprint density at radius 2 is 2.22 bits per heavy atom. The van der Waals surface area contributed by atoms with E-state index in [1.165, 1.54) is 0 Å². The molecule has 1 aromatic carbocycles. The number of hydrogen-bond donors (Lipinski definition) is 1. The molecule has 1 aromatic rings. The quantitative estimate of drug-likeness (QED) is 0.870. The zero-order chi connectivity index (χ0) is 12.8. The first-order valence-corrected chi connectivity index (χ1v) is 6.15. The molecule has 1 N–H and O–H groups in total. The summed E-state index contributed by atoms with van der Waals surface area (Å²) in [6.45, 7) is 1.39. The Morgan fingerprint density at radius 1 is 1.44 bits per heavy atom. The number of carbonyl (C=O) groups is 1. The molecule has 1 aliphatic heterocycles. The summed E-state index contributed by atoms with van der Waals surface area (Å²) in [5.74, 6) is -0.00444. The van der Waals surface area contributed by atoms with Crippen molar-refractivity contribution in [1.82, 2.24) is 5.32 Å². The second-order valence-corrected chi connectivity index (χ2v) is 4.42. The van der Waals surface area contributed by atoms with E-state index in [0.717, 1.165) is 25.0 Å². The van der Waals surface area contributed by atoms with Gasteiger partial charge in [-0.3, -0.25) is 4.79 Å². The summed E-state index contributed by atoms with van der Waals surface area (Å²) in [6.07, 6.45) is 2.63. The number of rotatable bonds is 4. The first-order valence-electron chi connectivity index (χ1n) is 6.15. The van der Waals surface area contributed by atoms with E-state index in [4.69, 9.17) is 10.00 Å². The van der Waals surface area contributed by atoms with Gasteiger partial charge in [0.05, 0.1) is 24.2 Å². The summed E-state index contributed by atoms with van der Waals surface area (Å²) in [5.41, 5.74) is 1.53. The fourth-order valence-electron chi connectivity index (χ4n) is 1.98. The minimum atomic E-state index is -0.00444. The van der Waals surface area contributed by atoms with Crippen molar-refractivity contribution in [3.63, 3.8) is 0 Å². The van der Waals surface area contributed by atoms with E-state index in [2.05, 4.69) is 11.4 Å². The number of hydrogen-bond acceptors (Lipinski definition) is 3. The molecule has 1 heterocycles. The lowest BCUT2D eigenvalue weighted by Crippen LogP contribution is -2.32. The molecule has 0 aliphatic carbocycles. The molecule has 1 aliphatic rings. The highest BCUT2D eigenvalue weighted by Gasteiger charge is 2.16. The summed E-state index contributed by atoms with van der Waals surface area (Å²) in [4.78, 5) is 11.7. The lowest BCUT2D eigenvalue weighted by molar-refractivity contribution is -0.120. The smallest absolute Gasteiger partial charge is 0.224 e. The number of nitriles is 1. The highest BCUT2D eigenvalue weighted by Crippen LogP contribution is 2.10. The van der Waals surface area contributed by atoms with Crippen molar-refractivity contribution in [3.8, 4) is 6.07 Å². The van der Waals surface area contributed by atoms with Crippen LogP contribution in [0.2, 0.25) is 0 Å². The van der Waals surface area contributed by atoms with Gasteiger partial charge in [-0.15, -0.1) is 0 Å². The minimum Gasteiger partial charge on any atom is -0.376 e. The standard InChI is InChI=1S/C14H16N2O2/c15-9-12-5-3-11(4-6-12)8-14(17)16-10-13-2-1-7-18-13/h3-6,13H,1-2,7-8,10H2,(H,16,17). The van der Waals surface area contributed by atoms with Crippen LogP contribution < -0.4 is 5.32 Å². The molecular weight excluding hydrogens is 228 g/mol. The van der Waals surface area contributed by atoms with Gasteiger partial charge < -0.3 is 10.1 Å². The number of nitrogens with one attached hydrogen (secondary N) is 1. The third kappa shape index (κ3) is 3.57. The summed E-state index contributed by atoms with van der Waals surface area (Å²) in [7, 11) is 0. The van der Waals surface area contributed by atoms with Crippen molar-refractivity contribution >= 4 is 5.91 Å². The van der Waals surface area contributed by atoms with E-state index in [1.807, 2.05) is 12.1 Å². The Morgan fingerprint density at radius 3 is 2.83 bits per heavy atom. The van der Waals surface area contributed by atoms with Crippen LogP contribution in [0, 0.1) is 11.3 Å². The van der Waals surface area contributed by atoms with Crippen LogP contribution in [0.1, 0.15) is 24.0 Å². The van der Waals surface area contributed by atoms with E-state index in [-0.39, 0.29) is 12.0 Å². The maximum absolute atomic E-state index is 11.7. The molecule has 0 aromatic heterocycles. The highest BCUT2D eigenvalue weighted by atomic mass is 16.5. The van der Waals surface area contributed by atoms with E-state index >= 15 is 0 Å². The van der Waals surface area contributed by atoms with E-state index < -0.39 is 0 Å². The monoisotopic (exact) mass is 244 g/mol. The first-order chi connectivity index (χ1) is 8.78. The maximum Gasteiger partial charge on any atom is 0.224 e. The summed E-state index contributed by atoms with van der Waals surface area (Å²) in [5, 5.41) is 11.5. The predicted molar refractivity (Wildman–Crippen MR) is 66.8 cm³/mol. The molecule has 4 heteroatoms. The summed E-state index contributed by atoms with van der Waals surface area (Å²) >= 11 is 0. The Balaban J connectivity index is 1.77. The second-order valence-electron chi connectivity index (χ2n) is 4.42. The highest BCUT2D eigenvalue weighted by molar-refractivity contribution is 5.78. The van der Waals surface area contributed by atoms with E-state index in [0.29, 0.717) is 18.5 Å². The molecule has 0 spiro atoms. The number of nitrogens with zero attached hydrogens (tertiary/aromatic N) is 1. The zero-order valence-electron chi connectivity index (χ0n) is 10.2. The van der Waals surface area contributed by atoms with Crippen molar-refractivity contribution in [3.05, 3.63) is 35.4 Å². The lowest BCUT2D eigenvalue weighted by Gasteiger charge is -2.10. The molecule has 4 nitrogen and oxygen atoms in total. The molecule has 1 unspecified atom stereocenters. The Kier molecular flexibility index (Phi) is 4.32. The van der Waals surface area contributed by atoms with Gasteiger partial charge in [-0.1, -0.05) is 12.1 Å². The Bertz CT molecular complexity index is 442. The SMILES string of the molecule is N#Cc1ccc(CC(=O)NCC2CCCO2)cc1. The van der Waals surface area contributed by atoms with Crippen LogP contribution in [0.4, 0.5) is 0 Å². The zero-order valence-corrected chi connectivity index (χ0v) is 10.2. The topological polar surface area (TPSA) is 62.1 Å². The normalized spacial score (nSPS) is 18.3. The van der Waals surface area contributed by atoms with Gasteiger partial charge in [-0.25, -0.2) is 0 Å². The van der Waals surface area contributed by atoms with Crippen molar-refractivity contribution in [2.24, 2.45) is 0 Å². The van der Waals surface area contributed by atoms with Gasteiger partial charge in [0.25, 0.3) is 0 Å². The molecule has 0 saturated carbocycles. The van der Waals surface area contributed by atoms with Gasteiger partial charge in [0.15, 0.2) is 0 Å². The second kappa shape index (κ2) is 6.18. The number of amides is 1. The van der Waals surface area contributed by atoms with Crippen molar-refractivity contribution in [1.29, 1.82) is 5.26 Å². The molecule has 0 radical (unpaired) electrons. The summed E-state index contributed by atoms with van der Waals surface area (Å²) < 4.78 is 5.43. The summed E-state index contributed by atoms with van der Waals surface area (Å²) in [6, 6.07) is 9.12. The van der Waals surface area contributed by atoms with E-state index in [1.54, 1.807) is 12.1 Å². The van der Waals surface area contributed by atoms with Crippen molar-refractivity contribution < 1.29 is 9.53 Å². The van der Waals surface area contributed by atoms with Gasteiger partial charge in [0.1, 0.15) is 0 Å². The fourth-order valence-corrected chi connectivity index (χ4v) is 1.98.